The number of carbonyl (C=O) groups is 1. The van der Waals surface area contributed by atoms with Gasteiger partial charge in [0.2, 0.25) is 5.78 Å². The number of hydrogen-bond donors (Lipinski definition) is 3. The third-order valence-electron chi connectivity index (χ3n) is 1.75. The molecule has 4 nitrogen and oxygen atoms in total. The molecule has 0 bridgehead atoms. The Kier molecular flexibility index (Phi) is 2.14. The van der Waals surface area contributed by atoms with E-state index in [2.05, 4.69) is 0 Å². The fourth-order valence-corrected chi connectivity index (χ4v) is 1.09. The van der Waals surface area contributed by atoms with Gasteiger partial charge in [0.1, 0.15) is 5.76 Å². The molecule has 4 heteroatoms. The molecule has 0 saturated heterocycles. The Balaban J connectivity index is 2.76. The van der Waals surface area contributed by atoms with Gasteiger partial charge >= 0.3 is 0 Å². The summed E-state index contributed by atoms with van der Waals surface area (Å²) in [6, 6.07) is 0. The van der Waals surface area contributed by atoms with Gasteiger partial charge in [0.15, 0.2) is 5.76 Å². The average molecular weight is 158 g/mol. The number of aliphatic hydroxyl groups is 3. The monoisotopic (exact) mass is 158 g/mol. The molecule has 0 aliphatic heterocycles. The normalized spacial score (nSPS) is 25.9. The van der Waals surface area contributed by atoms with Crippen LogP contribution in [0.25, 0.3) is 0 Å². The lowest BCUT2D eigenvalue weighted by molar-refractivity contribution is -0.120. The summed E-state index contributed by atoms with van der Waals surface area (Å²) in [5.74, 6) is -1.58. The lowest BCUT2D eigenvalue weighted by Gasteiger charge is -2.17. The maximum atomic E-state index is 10.8. The molecule has 1 aliphatic carbocycles. The van der Waals surface area contributed by atoms with Gasteiger partial charge in [-0.05, 0) is 5.92 Å². The molecule has 62 valence electrons. The Labute approximate surface area is 63.8 Å². The summed E-state index contributed by atoms with van der Waals surface area (Å²) in [6.07, 6.45) is 0.306. The molecular weight excluding hydrogens is 148 g/mol. The van der Waals surface area contributed by atoms with Crippen LogP contribution in [-0.4, -0.2) is 27.7 Å². The Morgan fingerprint density at radius 3 is 2.45 bits per heavy atom. The summed E-state index contributed by atoms with van der Waals surface area (Å²) in [6.45, 7) is -0.136. The van der Waals surface area contributed by atoms with Crippen LogP contribution < -0.4 is 0 Å². The van der Waals surface area contributed by atoms with Crippen molar-refractivity contribution in [3.8, 4) is 0 Å². The van der Waals surface area contributed by atoms with Crippen molar-refractivity contribution in [3.63, 3.8) is 0 Å². The first-order valence-electron chi connectivity index (χ1n) is 3.40. The fourth-order valence-electron chi connectivity index (χ4n) is 1.09. The highest BCUT2D eigenvalue weighted by Gasteiger charge is 2.26. The smallest absolute Gasteiger partial charge is 0.201 e. The summed E-state index contributed by atoms with van der Waals surface area (Å²) < 4.78 is 0. The molecule has 3 N–H and O–H groups in total. The molecule has 1 rings (SSSR count). The van der Waals surface area contributed by atoms with Crippen molar-refractivity contribution in [3.05, 3.63) is 11.5 Å². The molecule has 0 amide bonds. The highest BCUT2D eigenvalue weighted by molar-refractivity contribution is 5.94. The zero-order chi connectivity index (χ0) is 8.43. The third kappa shape index (κ3) is 1.51. The van der Waals surface area contributed by atoms with Gasteiger partial charge in [-0.25, -0.2) is 0 Å². The van der Waals surface area contributed by atoms with E-state index >= 15 is 0 Å². The van der Waals surface area contributed by atoms with Crippen molar-refractivity contribution in [1.82, 2.24) is 0 Å². The van der Waals surface area contributed by atoms with Gasteiger partial charge in [-0.15, -0.1) is 0 Å². The summed E-state index contributed by atoms with van der Waals surface area (Å²) in [5, 5.41) is 26.5. The Hall–Kier alpha value is -1.03. The summed E-state index contributed by atoms with van der Waals surface area (Å²) in [7, 11) is 0. The molecule has 0 radical (unpaired) electrons. The van der Waals surface area contributed by atoms with E-state index in [1.165, 1.54) is 0 Å². The molecule has 0 aromatic heterocycles. The van der Waals surface area contributed by atoms with E-state index in [1.54, 1.807) is 0 Å². The number of carbonyl (C=O) groups excluding carboxylic acids is 1. The standard InChI is InChI=1S/C7H10O4/c8-3-4-1-5(9)7(11)6(10)2-4/h4,8-9,11H,1-3H2/t4-/m1/s1. The number of rotatable bonds is 1. The van der Waals surface area contributed by atoms with Crippen molar-refractivity contribution < 1.29 is 20.1 Å². The molecule has 0 spiro atoms. The molecule has 0 aromatic rings. The van der Waals surface area contributed by atoms with Gasteiger partial charge in [0.25, 0.3) is 0 Å². The van der Waals surface area contributed by atoms with Gasteiger partial charge in [-0.3, -0.25) is 4.79 Å². The second-order valence-corrected chi connectivity index (χ2v) is 2.68. The van der Waals surface area contributed by atoms with Crippen LogP contribution in [0.2, 0.25) is 0 Å². The molecule has 1 aliphatic rings. The van der Waals surface area contributed by atoms with Crippen LogP contribution in [0.15, 0.2) is 11.5 Å². The summed E-state index contributed by atoms with van der Waals surface area (Å²) >= 11 is 0. The van der Waals surface area contributed by atoms with Crippen LogP contribution in [0.4, 0.5) is 0 Å². The molecule has 1 atom stereocenters. The van der Waals surface area contributed by atoms with Crippen molar-refractivity contribution in [2.75, 3.05) is 6.61 Å². The zero-order valence-electron chi connectivity index (χ0n) is 5.95. The van der Waals surface area contributed by atoms with Crippen molar-refractivity contribution in [2.24, 2.45) is 5.92 Å². The minimum Gasteiger partial charge on any atom is -0.508 e. The largest absolute Gasteiger partial charge is 0.508 e. The first-order valence-corrected chi connectivity index (χ1v) is 3.40. The second kappa shape index (κ2) is 2.92. The predicted octanol–water partition coefficient (Wildman–Crippen LogP) is 0.285. The van der Waals surface area contributed by atoms with E-state index < -0.39 is 11.5 Å². The molecular formula is C7H10O4. The Morgan fingerprint density at radius 2 is 2.00 bits per heavy atom. The van der Waals surface area contributed by atoms with Gasteiger partial charge < -0.3 is 15.3 Å². The quantitative estimate of drug-likeness (QED) is 0.512. The van der Waals surface area contributed by atoms with Crippen LogP contribution in [0.1, 0.15) is 12.8 Å². The molecule has 0 fully saturated rings. The zero-order valence-corrected chi connectivity index (χ0v) is 5.95. The molecule has 0 heterocycles. The number of hydrogen-bond acceptors (Lipinski definition) is 4. The molecule has 0 unspecified atom stereocenters. The van der Waals surface area contributed by atoms with Crippen LogP contribution in [-0.2, 0) is 4.79 Å². The highest BCUT2D eigenvalue weighted by Crippen LogP contribution is 2.23. The number of allylic oxidation sites excluding steroid dienone is 2. The second-order valence-electron chi connectivity index (χ2n) is 2.68. The van der Waals surface area contributed by atoms with E-state index in [0.717, 1.165) is 0 Å². The maximum absolute atomic E-state index is 10.8. The molecule has 11 heavy (non-hydrogen) atoms. The van der Waals surface area contributed by atoms with Crippen LogP contribution in [0.5, 0.6) is 0 Å². The molecule has 0 saturated carbocycles. The van der Waals surface area contributed by atoms with Crippen molar-refractivity contribution in [1.29, 1.82) is 0 Å². The Morgan fingerprint density at radius 1 is 1.36 bits per heavy atom. The van der Waals surface area contributed by atoms with E-state index in [-0.39, 0.29) is 31.1 Å². The van der Waals surface area contributed by atoms with E-state index in [4.69, 9.17) is 15.3 Å². The van der Waals surface area contributed by atoms with E-state index in [0.29, 0.717) is 0 Å². The first kappa shape index (κ1) is 8.07. The van der Waals surface area contributed by atoms with Crippen LogP contribution in [0.3, 0.4) is 0 Å². The lowest BCUT2D eigenvalue weighted by atomic mass is 9.92. The maximum Gasteiger partial charge on any atom is 0.201 e. The van der Waals surface area contributed by atoms with E-state index in [9.17, 15) is 4.79 Å². The number of Topliss-reactive ketones (excluding diaryl/α,β-unsaturated/α-hetero) is 1. The SMILES string of the molecule is O=C1C[C@H](CO)CC(O)=C1O. The fraction of sp³-hybridized carbons (Fsp3) is 0.571. The number of ketones is 1. The van der Waals surface area contributed by atoms with Gasteiger partial charge in [0.05, 0.1) is 0 Å². The predicted molar refractivity (Wildman–Crippen MR) is 37.1 cm³/mol. The third-order valence-corrected chi connectivity index (χ3v) is 1.75. The van der Waals surface area contributed by atoms with E-state index in [1.807, 2.05) is 0 Å². The van der Waals surface area contributed by atoms with Gasteiger partial charge in [0, 0.05) is 19.4 Å². The summed E-state index contributed by atoms with van der Waals surface area (Å²) in [5.41, 5.74) is 0. The van der Waals surface area contributed by atoms with Crippen LogP contribution in [0, 0.1) is 5.92 Å². The summed E-state index contributed by atoms with van der Waals surface area (Å²) in [4.78, 5) is 10.8. The number of aliphatic hydroxyl groups excluding tert-OH is 3. The van der Waals surface area contributed by atoms with Crippen molar-refractivity contribution >= 4 is 5.78 Å². The van der Waals surface area contributed by atoms with Crippen LogP contribution >= 0.6 is 0 Å². The lowest BCUT2D eigenvalue weighted by Crippen LogP contribution is -2.21. The average Bonchev–Trinajstić information content (AvgIpc) is 1.99. The van der Waals surface area contributed by atoms with Gasteiger partial charge in [-0.1, -0.05) is 0 Å². The van der Waals surface area contributed by atoms with Gasteiger partial charge in [-0.2, -0.15) is 0 Å². The molecule has 0 aromatic carbocycles. The minimum atomic E-state index is -0.547. The minimum absolute atomic E-state index is 0.117. The first-order chi connectivity index (χ1) is 5.15. The highest BCUT2D eigenvalue weighted by atomic mass is 16.3. The topological polar surface area (TPSA) is 77.8 Å². The Bertz CT molecular complexity index is 206. The van der Waals surface area contributed by atoms with Crippen molar-refractivity contribution in [2.45, 2.75) is 12.8 Å².